The predicted molar refractivity (Wildman–Crippen MR) is 182 cm³/mol. The van der Waals surface area contributed by atoms with E-state index in [0.717, 1.165) is 11.4 Å². The number of fused-ring (bicyclic) bond motifs is 10. The fourth-order valence-electron chi connectivity index (χ4n) is 7.21. The largest absolute Gasteiger partial charge is 0.294 e. The summed E-state index contributed by atoms with van der Waals surface area (Å²) in [5.74, 6) is 0. The van der Waals surface area contributed by atoms with Gasteiger partial charge in [0, 0.05) is 22.1 Å². The van der Waals surface area contributed by atoms with Crippen LogP contribution in [0.2, 0.25) is 0 Å². The molecule has 0 unspecified atom stereocenters. The highest BCUT2D eigenvalue weighted by molar-refractivity contribution is 6.00. The van der Waals surface area contributed by atoms with Gasteiger partial charge >= 0.3 is 0 Å². The molecule has 10 aromatic rings. The summed E-state index contributed by atoms with van der Waals surface area (Å²) in [6, 6.07) is 57.0. The molecule has 0 saturated carbocycles. The Morgan fingerprint density at radius 3 is 1.48 bits per heavy atom. The summed E-state index contributed by atoms with van der Waals surface area (Å²) >= 11 is 0. The number of nitrogens with zero attached hydrogens (tertiary/aromatic N) is 4. The first kappa shape index (κ1) is 23.6. The lowest BCUT2D eigenvalue weighted by atomic mass is 10.0. The summed E-state index contributed by atoms with van der Waals surface area (Å²) in [6.07, 6.45) is 0. The van der Waals surface area contributed by atoms with Crippen molar-refractivity contribution < 1.29 is 0 Å². The molecule has 44 heavy (non-hydrogen) atoms. The van der Waals surface area contributed by atoms with E-state index >= 15 is 0 Å². The monoisotopic (exact) mass is 562 g/mol. The SMILES string of the molecule is c1ccc(-n2c3ccccc3n3c4ccc(-c5ccc6c(c5)n5c7ccccc7cc5n6-c5ccccc5)cc4cc23)cc1. The number of aromatic nitrogens is 4. The van der Waals surface area contributed by atoms with Crippen LogP contribution in [0.25, 0.3) is 77.7 Å². The molecule has 4 aromatic heterocycles. The molecule has 0 saturated heterocycles. The van der Waals surface area contributed by atoms with Gasteiger partial charge in [0.1, 0.15) is 11.3 Å². The molecule has 0 spiro atoms. The zero-order valence-corrected chi connectivity index (χ0v) is 23.8. The second kappa shape index (κ2) is 8.76. The number of para-hydroxylation sites is 5. The molecular formula is C40H26N4. The predicted octanol–water partition coefficient (Wildman–Crippen LogP) is 10.1. The number of hydrogen-bond donors (Lipinski definition) is 0. The quantitative estimate of drug-likeness (QED) is 0.204. The van der Waals surface area contributed by atoms with Crippen molar-refractivity contribution in [1.29, 1.82) is 0 Å². The van der Waals surface area contributed by atoms with E-state index in [0.29, 0.717) is 0 Å². The van der Waals surface area contributed by atoms with Crippen LogP contribution in [0.3, 0.4) is 0 Å². The molecular weight excluding hydrogens is 536 g/mol. The van der Waals surface area contributed by atoms with Crippen LogP contribution < -0.4 is 0 Å². The molecule has 0 atom stereocenters. The highest BCUT2D eigenvalue weighted by Gasteiger charge is 2.18. The minimum absolute atomic E-state index is 1.16. The average molecular weight is 563 g/mol. The van der Waals surface area contributed by atoms with Crippen molar-refractivity contribution >= 4 is 55.2 Å². The smallest absolute Gasteiger partial charge is 0.123 e. The van der Waals surface area contributed by atoms with Gasteiger partial charge in [-0.1, -0.05) is 78.9 Å². The fourth-order valence-corrected chi connectivity index (χ4v) is 7.21. The van der Waals surface area contributed by atoms with Crippen LogP contribution in [0, 0.1) is 0 Å². The number of imidazole rings is 2. The lowest BCUT2D eigenvalue weighted by molar-refractivity contribution is 1.15. The van der Waals surface area contributed by atoms with E-state index in [1.54, 1.807) is 0 Å². The molecule has 0 aliphatic rings. The van der Waals surface area contributed by atoms with Crippen LogP contribution in [-0.2, 0) is 0 Å². The molecule has 4 nitrogen and oxygen atoms in total. The first-order chi connectivity index (χ1) is 21.8. The molecule has 0 bridgehead atoms. The van der Waals surface area contributed by atoms with Gasteiger partial charge in [-0.15, -0.1) is 0 Å². The fraction of sp³-hybridized carbons (Fsp3) is 0. The van der Waals surface area contributed by atoms with Crippen LogP contribution in [-0.4, -0.2) is 17.9 Å². The molecule has 4 heteroatoms. The molecule has 0 N–H and O–H groups in total. The highest BCUT2D eigenvalue weighted by atomic mass is 15.1. The molecule has 0 amide bonds. The van der Waals surface area contributed by atoms with Crippen molar-refractivity contribution in [3.05, 3.63) is 158 Å². The van der Waals surface area contributed by atoms with Crippen LogP contribution in [0.4, 0.5) is 0 Å². The standard InChI is InChI=1S/C40H26N4/c1-3-12-31(13-4-1)41-35-17-9-10-18-36(35)43-34-21-19-27(23-30(34)26-40(41)43)28-20-22-37-38(24-28)44-33-16-8-7-11-29(33)25-39(44)42(37)32-14-5-2-6-15-32/h1-26H. The Morgan fingerprint density at radius 1 is 0.295 bits per heavy atom. The van der Waals surface area contributed by atoms with Crippen LogP contribution >= 0.6 is 0 Å². The zero-order chi connectivity index (χ0) is 28.8. The summed E-state index contributed by atoms with van der Waals surface area (Å²) in [5, 5.41) is 2.47. The van der Waals surface area contributed by atoms with Crippen molar-refractivity contribution in [1.82, 2.24) is 17.9 Å². The minimum Gasteiger partial charge on any atom is -0.294 e. The normalized spacial score (nSPS) is 12.1. The Labute approximate surface area is 252 Å². The van der Waals surface area contributed by atoms with E-state index in [9.17, 15) is 0 Å². The second-order valence-corrected chi connectivity index (χ2v) is 11.5. The number of rotatable bonds is 3. The van der Waals surface area contributed by atoms with Crippen molar-refractivity contribution in [3.63, 3.8) is 0 Å². The maximum Gasteiger partial charge on any atom is 0.123 e. The van der Waals surface area contributed by atoms with Crippen molar-refractivity contribution in [3.8, 4) is 22.5 Å². The zero-order valence-electron chi connectivity index (χ0n) is 23.8. The van der Waals surface area contributed by atoms with Gasteiger partial charge in [0.15, 0.2) is 0 Å². The van der Waals surface area contributed by atoms with E-state index in [1.807, 2.05) is 0 Å². The van der Waals surface area contributed by atoms with Gasteiger partial charge in [-0.3, -0.25) is 17.9 Å². The van der Waals surface area contributed by atoms with Crippen molar-refractivity contribution in [2.45, 2.75) is 0 Å². The summed E-state index contributed by atoms with van der Waals surface area (Å²) in [5.41, 5.74) is 14.3. The Morgan fingerprint density at radius 2 is 0.773 bits per heavy atom. The molecule has 6 aromatic carbocycles. The molecule has 206 valence electrons. The average Bonchev–Trinajstić information content (AvgIpc) is 3.81. The second-order valence-electron chi connectivity index (χ2n) is 11.5. The molecule has 10 rings (SSSR count). The number of benzene rings is 6. The van der Waals surface area contributed by atoms with Crippen LogP contribution in [0.5, 0.6) is 0 Å². The van der Waals surface area contributed by atoms with E-state index in [2.05, 4.69) is 176 Å². The van der Waals surface area contributed by atoms with Crippen molar-refractivity contribution in [2.24, 2.45) is 0 Å². The molecule has 0 radical (unpaired) electrons. The van der Waals surface area contributed by atoms with E-state index in [4.69, 9.17) is 0 Å². The van der Waals surface area contributed by atoms with Gasteiger partial charge in [-0.25, -0.2) is 0 Å². The molecule has 0 aliphatic carbocycles. The number of hydrogen-bond acceptors (Lipinski definition) is 0. The van der Waals surface area contributed by atoms with E-state index in [-0.39, 0.29) is 0 Å². The van der Waals surface area contributed by atoms with Gasteiger partial charge in [-0.2, -0.15) is 0 Å². The van der Waals surface area contributed by atoms with Gasteiger partial charge in [-0.05, 0) is 90.0 Å². The third-order valence-corrected chi connectivity index (χ3v) is 9.11. The first-order valence-corrected chi connectivity index (χ1v) is 15.0. The Bertz CT molecular complexity index is 2700. The summed E-state index contributed by atoms with van der Waals surface area (Å²) in [4.78, 5) is 0. The van der Waals surface area contributed by atoms with Gasteiger partial charge in [0.05, 0.1) is 33.1 Å². The van der Waals surface area contributed by atoms with Crippen LogP contribution in [0.15, 0.2) is 158 Å². The Balaban J connectivity index is 1.21. The lowest BCUT2D eigenvalue weighted by Crippen LogP contribution is -1.92. The first-order valence-electron chi connectivity index (χ1n) is 15.0. The van der Waals surface area contributed by atoms with Crippen LogP contribution in [0.1, 0.15) is 0 Å². The topological polar surface area (TPSA) is 18.7 Å². The molecule has 0 fully saturated rings. The van der Waals surface area contributed by atoms with Crippen molar-refractivity contribution in [2.75, 3.05) is 0 Å². The maximum atomic E-state index is 2.40. The summed E-state index contributed by atoms with van der Waals surface area (Å²) in [7, 11) is 0. The maximum absolute atomic E-state index is 2.40. The summed E-state index contributed by atoms with van der Waals surface area (Å²) < 4.78 is 9.53. The lowest BCUT2D eigenvalue weighted by Gasteiger charge is -2.07. The third-order valence-electron chi connectivity index (χ3n) is 9.11. The van der Waals surface area contributed by atoms with Gasteiger partial charge < -0.3 is 0 Å². The minimum atomic E-state index is 1.16. The Hall–Kier alpha value is -6.00. The summed E-state index contributed by atoms with van der Waals surface area (Å²) in [6.45, 7) is 0. The Kier molecular flexibility index (Phi) is 4.69. The highest BCUT2D eigenvalue weighted by Crippen LogP contribution is 2.36. The van der Waals surface area contributed by atoms with Gasteiger partial charge in [0.2, 0.25) is 0 Å². The third kappa shape index (κ3) is 3.17. The van der Waals surface area contributed by atoms with E-state index in [1.165, 1.54) is 66.3 Å². The molecule has 0 aliphatic heterocycles. The molecule has 4 heterocycles. The van der Waals surface area contributed by atoms with E-state index < -0.39 is 0 Å². The van der Waals surface area contributed by atoms with Gasteiger partial charge in [0.25, 0.3) is 0 Å².